The number of aliphatic hydroxyl groups excluding tert-OH is 1. The predicted molar refractivity (Wildman–Crippen MR) is 49.0 cm³/mol. The Morgan fingerprint density at radius 1 is 1.31 bits per heavy atom. The van der Waals surface area contributed by atoms with Crippen LogP contribution in [0.5, 0.6) is 0 Å². The first kappa shape index (κ1) is 8.01. The van der Waals surface area contributed by atoms with Gasteiger partial charge in [-0.2, -0.15) is 0 Å². The lowest BCUT2D eigenvalue weighted by molar-refractivity contribution is -0.0589. The van der Waals surface area contributed by atoms with Crippen LogP contribution in [0.4, 0.5) is 0 Å². The third-order valence-corrected chi connectivity index (χ3v) is 4.34. The second kappa shape index (κ2) is 2.18. The topological polar surface area (TPSA) is 40.5 Å². The molecule has 72 valence electrons. The first-order valence-corrected chi connectivity index (χ1v) is 5.18. The number of fused-ring (bicyclic) bond motifs is 5. The van der Waals surface area contributed by atoms with Gasteiger partial charge in [0.15, 0.2) is 0 Å². The molecule has 3 rings (SSSR count). The van der Waals surface area contributed by atoms with E-state index in [0.717, 1.165) is 6.42 Å². The highest BCUT2D eigenvalue weighted by Gasteiger charge is 2.58. The minimum atomic E-state index is -0.835. The molecule has 0 amide bonds. The van der Waals surface area contributed by atoms with Gasteiger partial charge in [-0.3, -0.25) is 0 Å². The largest absolute Gasteiger partial charge is 0.390 e. The summed E-state index contributed by atoms with van der Waals surface area (Å²) >= 11 is 0. The van der Waals surface area contributed by atoms with Crippen LogP contribution in [0.25, 0.3) is 0 Å². The molecule has 6 atom stereocenters. The Bertz CT molecular complexity index is 269. The molecule has 0 heterocycles. The smallest absolute Gasteiger partial charge is 0.0883 e. The Morgan fingerprint density at radius 2 is 2.00 bits per heavy atom. The van der Waals surface area contributed by atoms with E-state index in [9.17, 15) is 10.2 Å². The van der Waals surface area contributed by atoms with Crippen molar-refractivity contribution in [2.24, 2.45) is 23.7 Å². The van der Waals surface area contributed by atoms with Gasteiger partial charge in [0.1, 0.15) is 0 Å². The normalized spacial score (nSPS) is 63.2. The summed E-state index contributed by atoms with van der Waals surface area (Å²) in [7, 11) is 0. The van der Waals surface area contributed by atoms with Crippen molar-refractivity contribution < 1.29 is 10.2 Å². The number of aliphatic hydroxyl groups is 2. The number of rotatable bonds is 0. The van der Waals surface area contributed by atoms with Crippen molar-refractivity contribution in [3.05, 3.63) is 12.2 Å². The van der Waals surface area contributed by atoms with Crippen LogP contribution in [-0.2, 0) is 0 Å². The lowest BCUT2D eigenvalue weighted by Gasteiger charge is -2.26. The fraction of sp³-hybridized carbons (Fsp3) is 0.818. The standard InChI is InChI=1S/C11H16O2/c1-11(13)5-8-6-2-3-7(4-6)9(8)10(11)12/h2-3,6-10,12-13H,4-5H2,1H3/t6-,7-,8+,9+,10-,11+/m0/s1. The van der Waals surface area contributed by atoms with Crippen LogP contribution in [0.3, 0.4) is 0 Å². The van der Waals surface area contributed by atoms with Crippen molar-refractivity contribution >= 4 is 0 Å². The van der Waals surface area contributed by atoms with Gasteiger partial charge in [-0.25, -0.2) is 0 Å². The average molecular weight is 180 g/mol. The molecule has 0 spiro atoms. The van der Waals surface area contributed by atoms with Crippen LogP contribution in [0.15, 0.2) is 12.2 Å². The lowest BCUT2D eigenvalue weighted by Crippen LogP contribution is -2.38. The van der Waals surface area contributed by atoms with E-state index in [2.05, 4.69) is 12.2 Å². The second-order valence-corrected chi connectivity index (χ2v) is 5.20. The molecule has 13 heavy (non-hydrogen) atoms. The zero-order valence-corrected chi connectivity index (χ0v) is 7.85. The molecule has 2 heteroatoms. The Balaban J connectivity index is 1.96. The molecule has 2 N–H and O–H groups in total. The van der Waals surface area contributed by atoms with Crippen molar-refractivity contribution in [2.75, 3.05) is 0 Å². The van der Waals surface area contributed by atoms with Crippen LogP contribution in [0.2, 0.25) is 0 Å². The Hall–Kier alpha value is -0.340. The molecular formula is C11H16O2. The highest BCUT2D eigenvalue weighted by molar-refractivity contribution is 5.20. The molecule has 3 aliphatic carbocycles. The van der Waals surface area contributed by atoms with Crippen LogP contribution in [-0.4, -0.2) is 21.9 Å². The molecule has 2 fully saturated rings. The quantitative estimate of drug-likeness (QED) is 0.545. The molecule has 2 saturated carbocycles. The fourth-order valence-corrected chi connectivity index (χ4v) is 3.73. The maximum absolute atomic E-state index is 9.97. The van der Waals surface area contributed by atoms with Crippen molar-refractivity contribution in [3.8, 4) is 0 Å². The molecule has 0 aromatic carbocycles. The molecule has 2 nitrogen and oxygen atoms in total. The zero-order chi connectivity index (χ0) is 9.22. The Morgan fingerprint density at radius 3 is 2.69 bits per heavy atom. The van der Waals surface area contributed by atoms with E-state index in [0.29, 0.717) is 23.7 Å². The predicted octanol–water partition coefficient (Wildman–Crippen LogP) is 0.940. The molecule has 3 aliphatic rings. The van der Waals surface area contributed by atoms with Gasteiger partial charge >= 0.3 is 0 Å². The molecule has 0 saturated heterocycles. The van der Waals surface area contributed by atoms with E-state index in [1.165, 1.54) is 6.42 Å². The van der Waals surface area contributed by atoms with E-state index >= 15 is 0 Å². The summed E-state index contributed by atoms with van der Waals surface area (Å²) in [5.74, 6) is 2.06. The van der Waals surface area contributed by atoms with Crippen molar-refractivity contribution in [2.45, 2.75) is 31.5 Å². The first-order chi connectivity index (χ1) is 6.09. The minimum absolute atomic E-state index is 0.338. The molecule has 0 aromatic rings. The van der Waals surface area contributed by atoms with Gasteiger partial charge in [-0.1, -0.05) is 12.2 Å². The van der Waals surface area contributed by atoms with E-state index < -0.39 is 11.7 Å². The highest BCUT2D eigenvalue weighted by atomic mass is 16.3. The Labute approximate surface area is 78.3 Å². The molecule has 0 aliphatic heterocycles. The van der Waals surface area contributed by atoms with Gasteiger partial charge in [0.2, 0.25) is 0 Å². The summed E-state index contributed by atoms with van der Waals surface area (Å²) in [4.78, 5) is 0. The highest BCUT2D eigenvalue weighted by Crippen LogP contribution is 2.57. The van der Waals surface area contributed by atoms with Crippen molar-refractivity contribution in [3.63, 3.8) is 0 Å². The maximum Gasteiger partial charge on any atom is 0.0883 e. The lowest BCUT2D eigenvalue weighted by atomic mass is 9.85. The number of allylic oxidation sites excluding steroid dienone is 2. The van der Waals surface area contributed by atoms with E-state index in [1.54, 1.807) is 6.92 Å². The summed E-state index contributed by atoms with van der Waals surface area (Å²) in [6.07, 6.45) is 6.00. The molecular weight excluding hydrogens is 164 g/mol. The number of hydrogen-bond acceptors (Lipinski definition) is 2. The summed E-state index contributed by atoms with van der Waals surface area (Å²) in [6.45, 7) is 1.77. The van der Waals surface area contributed by atoms with Crippen LogP contribution < -0.4 is 0 Å². The maximum atomic E-state index is 9.97. The van der Waals surface area contributed by atoms with Crippen LogP contribution in [0, 0.1) is 23.7 Å². The Kier molecular flexibility index (Phi) is 1.34. The third kappa shape index (κ3) is 0.856. The summed E-state index contributed by atoms with van der Waals surface area (Å²) < 4.78 is 0. The summed E-state index contributed by atoms with van der Waals surface area (Å²) in [5.41, 5.74) is -0.835. The minimum Gasteiger partial charge on any atom is -0.390 e. The van der Waals surface area contributed by atoms with Gasteiger partial charge in [0.25, 0.3) is 0 Å². The molecule has 0 unspecified atom stereocenters. The van der Waals surface area contributed by atoms with Crippen LogP contribution >= 0.6 is 0 Å². The molecule has 2 bridgehead atoms. The molecule has 0 aromatic heterocycles. The second-order valence-electron chi connectivity index (χ2n) is 5.20. The molecule has 0 radical (unpaired) electrons. The van der Waals surface area contributed by atoms with Gasteiger partial charge in [-0.15, -0.1) is 0 Å². The summed E-state index contributed by atoms with van der Waals surface area (Å²) in [5, 5.41) is 19.9. The van der Waals surface area contributed by atoms with Gasteiger partial charge in [0.05, 0.1) is 11.7 Å². The van der Waals surface area contributed by atoms with Crippen molar-refractivity contribution in [1.29, 1.82) is 0 Å². The fourth-order valence-electron chi connectivity index (χ4n) is 3.73. The number of hydrogen-bond donors (Lipinski definition) is 2. The van der Waals surface area contributed by atoms with Crippen LogP contribution in [0.1, 0.15) is 19.8 Å². The van der Waals surface area contributed by atoms with Gasteiger partial charge < -0.3 is 10.2 Å². The zero-order valence-electron chi connectivity index (χ0n) is 7.85. The average Bonchev–Trinajstić information content (AvgIpc) is 2.65. The van der Waals surface area contributed by atoms with Gasteiger partial charge in [0, 0.05) is 0 Å². The SMILES string of the molecule is C[C@@]1(O)C[C@H]2[C@@H]([C@H]3C=C[C@H]2C3)[C@@H]1O. The monoisotopic (exact) mass is 180 g/mol. The van der Waals surface area contributed by atoms with Crippen molar-refractivity contribution in [1.82, 2.24) is 0 Å². The third-order valence-electron chi connectivity index (χ3n) is 4.34. The first-order valence-electron chi connectivity index (χ1n) is 5.18. The van der Waals surface area contributed by atoms with E-state index in [1.807, 2.05) is 0 Å². The summed E-state index contributed by atoms with van der Waals surface area (Å²) in [6, 6.07) is 0. The van der Waals surface area contributed by atoms with E-state index in [4.69, 9.17) is 0 Å². The van der Waals surface area contributed by atoms with E-state index in [-0.39, 0.29) is 0 Å². The van der Waals surface area contributed by atoms with Gasteiger partial charge in [-0.05, 0) is 43.4 Å².